The van der Waals surface area contributed by atoms with Crippen LogP contribution in [-0.4, -0.2) is 4.98 Å². The van der Waals surface area contributed by atoms with Crippen molar-refractivity contribution in [2.75, 3.05) is 5.73 Å². The molecule has 0 atom stereocenters. The highest BCUT2D eigenvalue weighted by molar-refractivity contribution is 9.10. The van der Waals surface area contributed by atoms with Crippen LogP contribution >= 0.6 is 27.3 Å². The molecule has 3 aromatic rings. The minimum Gasteiger partial charge on any atom is -0.396 e. The van der Waals surface area contributed by atoms with E-state index in [0.29, 0.717) is 10.6 Å². The van der Waals surface area contributed by atoms with Gasteiger partial charge in [0.15, 0.2) is 0 Å². The Morgan fingerprint density at radius 1 is 1.30 bits per heavy atom. The number of anilines is 1. The third-order valence-corrected chi connectivity index (χ3v) is 4.67. The molecule has 0 bridgehead atoms. The first-order chi connectivity index (χ1) is 9.60. The lowest BCUT2D eigenvalue weighted by Gasteiger charge is -2.04. The molecule has 0 saturated heterocycles. The molecule has 2 N–H and O–H groups in total. The Balaban J connectivity index is 2.25. The fourth-order valence-electron chi connectivity index (χ4n) is 2.16. The molecule has 0 fully saturated rings. The lowest BCUT2D eigenvalue weighted by atomic mass is 10.1. The van der Waals surface area contributed by atoms with E-state index in [0.717, 1.165) is 31.5 Å². The number of aryl methyl sites for hydroxylation is 1. The van der Waals surface area contributed by atoms with Crippen LogP contribution in [0.5, 0.6) is 0 Å². The second kappa shape index (κ2) is 4.89. The van der Waals surface area contributed by atoms with Gasteiger partial charge in [-0.05, 0) is 30.7 Å². The number of halogens is 1. The van der Waals surface area contributed by atoms with Gasteiger partial charge in [-0.3, -0.25) is 0 Å². The normalized spacial score (nSPS) is 10.7. The number of nitrogen functional groups attached to an aromatic ring is 1. The monoisotopic (exact) mass is 343 g/mol. The molecule has 3 rings (SSSR count). The Labute approximate surface area is 128 Å². The zero-order valence-electron chi connectivity index (χ0n) is 10.6. The van der Waals surface area contributed by atoms with Crippen molar-refractivity contribution < 1.29 is 0 Å². The van der Waals surface area contributed by atoms with Crippen molar-refractivity contribution in [1.82, 2.24) is 4.98 Å². The summed E-state index contributed by atoms with van der Waals surface area (Å²) in [5.41, 5.74) is 9.53. The lowest BCUT2D eigenvalue weighted by molar-refractivity contribution is 1.38. The largest absolute Gasteiger partial charge is 0.396 e. The first kappa shape index (κ1) is 13.1. The molecule has 5 heteroatoms. The number of hydrogen-bond acceptors (Lipinski definition) is 4. The number of fused-ring (bicyclic) bond motifs is 1. The number of pyridine rings is 1. The molecular weight excluding hydrogens is 334 g/mol. The topological polar surface area (TPSA) is 62.7 Å². The molecule has 1 aromatic carbocycles. The Kier molecular flexibility index (Phi) is 3.20. The summed E-state index contributed by atoms with van der Waals surface area (Å²) >= 11 is 4.77. The molecule has 98 valence electrons. The summed E-state index contributed by atoms with van der Waals surface area (Å²) in [5.74, 6) is 0. The summed E-state index contributed by atoms with van der Waals surface area (Å²) in [4.78, 5) is 5.99. The number of hydrogen-bond donors (Lipinski definition) is 1. The van der Waals surface area contributed by atoms with Gasteiger partial charge in [-0.1, -0.05) is 28.1 Å². The van der Waals surface area contributed by atoms with E-state index < -0.39 is 0 Å². The number of rotatable bonds is 1. The predicted molar refractivity (Wildman–Crippen MR) is 86.6 cm³/mol. The van der Waals surface area contributed by atoms with Crippen molar-refractivity contribution in [2.24, 2.45) is 0 Å². The fourth-order valence-corrected chi connectivity index (χ4v) is 3.39. The Bertz CT molecular complexity index is 844. The molecule has 2 heterocycles. The molecule has 0 aliphatic heterocycles. The van der Waals surface area contributed by atoms with E-state index in [1.54, 1.807) is 0 Å². The SMILES string of the molecule is Cc1cc(-c2ccc(Br)cc2)nc2sc(C#N)c(N)c12. The van der Waals surface area contributed by atoms with E-state index in [4.69, 9.17) is 11.0 Å². The third-order valence-electron chi connectivity index (χ3n) is 3.14. The van der Waals surface area contributed by atoms with Crippen molar-refractivity contribution in [3.05, 3.63) is 45.2 Å². The maximum absolute atomic E-state index is 9.07. The summed E-state index contributed by atoms with van der Waals surface area (Å²) in [5, 5.41) is 9.97. The van der Waals surface area contributed by atoms with Crippen LogP contribution < -0.4 is 5.73 Å². The van der Waals surface area contributed by atoms with E-state index in [1.807, 2.05) is 37.3 Å². The number of thiophene rings is 1. The average molecular weight is 344 g/mol. The third kappa shape index (κ3) is 2.07. The van der Waals surface area contributed by atoms with E-state index in [2.05, 4.69) is 27.0 Å². The smallest absolute Gasteiger partial charge is 0.130 e. The minimum absolute atomic E-state index is 0.531. The fraction of sp³-hybridized carbons (Fsp3) is 0.0667. The van der Waals surface area contributed by atoms with E-state index in [1.165, 1.54) is 11.3 Å². The van der Waals surface area contributed by atoms with Gasteiger partial charge in [-0.2, -0.15) is 5.26 Å². The van der Waals surface area contributed by atoms with Crippen molar-refractivity contribution in [3.8, 4) is 17.3 Å². The van der Waals surface area contributed by atoms with Crippen LogP contribution in [0.15, 0.2) is 34.8 Å². The number of benzene rings is 1. The Morgan fingerprint density at radius 3 is 2.65 bits per heavy atom. The van der Waals surface area contributed by atoms with Crippen LogP contribution in [-0.2, 0) is 0 Å². The number of nitrogens with two attached hydrogens (primary N) is 1. The molecule has 0 aliphatic rings. The number of aromatic nitrogens is 1. The van der Waals surface area contributed by atoms with Gasteiger partial charge in [0.1, 0.15) is 15.8 Å². The van der Waals surface area contributed by atoms with Crippen LogP contribution in [0.4, 0.5) is 5.69 Å². The van der Waals surface area contributed by atoms with Gasteiger partial charge in [-0.15, -0.1) is 11.3 Å². The first-order valence-electron chi connectivity index (χ1n) is 5.96. The second-order valence-electron chi connectivity index (χ2n) is 4.47. The van der Waals surface area contributed by atoms with Crippen LogP contribution in [0.1, 0.15) is 10.4 Å². The molecule has 2 aromatic heterocycles. The van der Waals surface area contributed by atoms with Gasteiger partial charge < -0.3 is 5.73 Å². The molecule has 0 unspecified atom stereocenters. The standard InChI is InChI=1S/C15H10BrN3S/c1-8-6-11(9-2-4-10(16)5-3-9)19-15-13(8)14(18)12(7-17)20-15/h2-6H,18H2,1H3. The quantitative estimate of drug-likeness (QED) is 0.707. The molecule has 0 saturated carbocycles. The van der Waals surface area contributed by atoms with Crippen molar-refractivity contribution in [2.45, 2.75) is 6.92 Å². The van der Waals surface area contributed by atoms with Crippen LogP contribution in [0.3, 0.4) is 0 Å². The second-order valence-corrected chi connectivity index (χ2v) is 6.38. The number of nitriles is 1. The maximum atomic E-state index is 9.07. The maximum Gasteiger partial charge on any atom is 0.130 e. The summed E-state index contributed by atoms with van der Waals surface area (Å²) in [6.07, 6.45) is 0. The first-order valence-corrected chi connectivity index (χ1v) is 7.56. The van der Waals surface area contributed by atoms with Gasteiger partial charge in [0, 0.05) is 15.4 Å². The average Bonchev–Trinajstić information content (AvgIpc) is 2.76. The summed E-state index contributed by atoms with van der Waals surface area (Å²) < 4.78 is 1.03. The Morgan fingerprint density at radius 2 is 2.00 bits per heavy atom. The van der Waals surface area contributed by atoms with Gasteiger partial charge in [0.25, 0.3) is 0 Å². The van der Waals surface area contributed by atoms with Gasteiger partial charge in [0.05, 0.1) is 11.4 Å². The van der Waals surface area contributed by atoms with E-state index in [-0.39, 0.29) is 0 Å². The zero-order valence-corrected chi connectivity index (χ0v) is 13.0. The minimum atomic E-state index is 0.531. The molecule has 0 amide bonds. The highest BCUT2D eigenvalue weighted by Gasteiger charge is 2.14. The molecule has 0 aliphatic carbocycles. The zero-order chi connectivity index (χ0) is 14.3. The molecule has 0 spiro atoms. The van der Waals surface area contributed by atoms with Gasteiger partial charge >= 0.3 is 0 Å². The lowest BCUT2D eigenvalue weighted by Crippen LogP contribution is -1.90. The van der Waals surface area contributed by atoms with Gasteiger partial charge in [0.2, 0.25) is 0 Å². The van der Waals surface area contributed by atoms with Crippen molar-refractivity contribution >= 4 is 43.2 Å². The molecule has 0 radical (unpaired) electrons. The molecule has 20 heavy (non-hydrogen) atoms. The molecule has 3 nitrogen and oxygen atoms in total. The van der Waals surface area contributed by atoms with E-state index >= 15 is 0 Å². The van der Waals surface area contributed by atoms with Crippen molar-refractivity contribution in [1.29, 1.82) is 5.26 Å². The highest BCUT2D eigenvalue weighted by Crippen LogP contribution is 2.36. The van der Waals surface area contributed by atoms with Crippen LogP contribution in [0.25, 0.3) is 21.5 Å². The summed E-state index contributed by atoms with van der Waals surface area (Å²) in [7, 11) is 0. The van der Waals surface area contributed by atoms with Crippen LogP contribution in [0.2, 0.25) is 0 Å². The van der Waals surface area contributed by atoms with Gasteiger partial charge in [-0.25, -0.2) is 4.98 Å². The van der Waals surface area contributed by atoms with E-state index in [9.17, 15) is 0 Å². The van der Waals surface area contributed by atoms with Crippen molar-refractivity contribution in [3.63, 3.8) is 0 Å². The summed E-state index contributed by atoms with van der Waals surface area (Å²) in [6.45, 7) is 2.00. The highest BCUT2D eigenvalue weighted by atomic mass is 79.9. The summed E-state index contributed by atoms with van der Waals surface area (Å²) in [6, 6.07) is 12.1. The Hall–Kier alpha value is -1.90. The number of nitrogens with zero attached hydrogens (tertiary/aromatic N) is 2. The predicted octanol–water partition coefficient (Wildman–Crippen LogP) is 4.49. The van der Waals surface area contributed by atoms with Crippen LogP contribution in [0, 0.1) is 18.3 Å². The molecular formula is C15H10BrN3S.